The van der Waals surface area contributed by atoms with Gasteiger partial charge in [-0.2, -0.15) is 4.72 Å². The summed E-state index contributed by atoms with van der Waals surface area (Å²) in [6.45, 7) is 1.69. The highest BCUT2D eigenvalue weighted by Crippen LogP contribution is 2.12. The summed E-state index contributed by atoms with van der Waals surface area (Å²) in [6.07, 6.45) is 1.40. The van der Waals surface area contributed by atoms with Crippen molar-refractivity contribution in [3.8, 4) is 0 Å². The lowest BCUT2D eigenvalue weighted by atomic mass is 10.1. The number of carbonyl (C=O) groups excluding carboxylic acids is 1. The lowest BCUT2D eigenvalue weighted by Crippen LogP contribution is -2.47. The normalized spacial score (nSPS) is 12.6. The van der Waals surface area contributed by atoms with Gasteiger partial charge in [-0.1, -0.05) is 24.1 Å². The number of hydrogen-bond donors (Lipinski definition) is 4. The molecular weight excluding hydrogens is 334 g/mol. The number of amides is 1. The first-order chi connectivity index (χ1) is 11.3. The summed E-state index contributed by atoms with van der Waals surface area (Å²) >= 11 is 0. The van der Waals surface area contributed by atoms with Crippen molar-refractivity contribution in [3.63, 3.8) is 0 Å². The van der Waals surface area contributed by atoms with Crippen LogP contribution in [0.1, 0.15) is 24.8 Å². The van der Waals surface area contributed by atoms with Crippen LogP contribution in [0.2, 0.25) is 0 Å². The predicted octanol–water partition coefficient (Wildman–Crippen LogP) is -0.0283. The summed E-state index contributed by atoms with van der Waals surface area (Å²) in [4.78, 5) is 22.7. The third-order valence-electron chi connectivity index (χ3n) is 3.31. The highest BCUT2D eigenvalue weighted by Gasteiger charge is 2.25. The average Bonchev–Trinajstić information content (AvgIpc) is 2.52. The van der Waals surface area contributed by atoms with Crippen LogP contribution < -0.4 is 15.8 Å². The van der Waals surface area contributed by atoms with Crippen LogP contribution in [0.25, 0.3) is 0 Å². The number of nitrogens with two attached hydrogens (primary N) is 1. The van der Waals surface area contributed by atoms with Crippen molar-refractivity contribution in [2.75, 3.05) is 13.1 Å². The molecule has 0 aromatic heterocycles. The fourth-order valence-electron chi connectivity index (χ4n) is 2.00. The Morgan fingerprint density at radius 2 is 1.83 bits per heavy atom. The minimum absolute atomic E-state index is 0.0444. The van der Waals surface area contributed by atoms with Gasteiger partial charge in [0.1, 0.15) is 12.6 Å². The number of rotatable bonds is 10. The molecule has 0 aliphatic heterocycles. The lowest BCUT2D eigenvalue weighted by Gasteiger charge is -2.18. The van der Waals surface area contributed by atoms with Crippen molar-refractivity contribution < 1.29 is 23.1 Å². The second-order valence-electron chi connectivity index (χ2n) is 5.38. The molecule has 1 rings (SSSR count). The molecule has 0 heterocycles. The highest BCUT2D eigenvalue weighted by atomic mass is 32.2. The Hall–Kier alpha value is -1.97. The number of hydrogen-bond acceptors (Lipinski definition) is 5. The van der Waals surface area contributed by atoms with Crippen LogP contribution in [0, 0.1) is 6.92 Å². The monoisotopic (exact) mass is 357 g/mol. The maximum Gasteiger partial charge on any atom is 0.322 e. The minimum Gasteiger partial charge on any atom is -0.480 e. The van der Waals surface area contributed by atoms with Crippen LogP contribution in [-0.2, 0) is 19.6 Å². The number of aryl methyl sites for hydroxylation is 1. The van der Waals surface area contributed by atoms with E-state index in [0.717, 1.165) is 5.56 Å². The number of carboxylic acid groups (broad SMARTS) is 1. The summed E-state index contributed by atoms with van der Waals surface area (Å²) in [5.41, 5.74) is 6.31. The molecule has 8 nitrogen and oxygen atoms in total. The topological polar surface area (TPSA) is 139 Å². The number of benzene rings is 1. The molecule has 1 unspecified atom stereocenters. The average molecular weight is 357 g/mol. The van der Waals surface area contributed by atoms with E-state index >= 15 is 0 Å². The van der Waals surface area contributed by atoms with Crippen molar-refractivity contribution >= 4 is 21.9 Å². The van der Waals surface area contributed by atoms with E-state index in [2.05, 4.69) is 10.0 Å². The third kappa shape index (κ3) is 6.65. The number of unbranched alkanes of at least 4 members (excludes halogenated alkanes) is 1. The Morgan fingerprint density at radius 1 is 1.21 bits per heavy atom. The second kappa shape index (κ2) is 9.36. The number of nitrogens with one attached hydrogen (secondary N) is 2. The quantitative estimate of drug-likeness (QED) is 0.434. The summed E-state index contributed by atoms with van der Waals surface area (Å²) < 4.78 is 27.1. The molecule has 0 aliphatic carbocycles. The maximum atomic E-state index is 12.4. The van der Waals surface area contributed by atoms with E-state index < -0.39 is 34.5 Å². The SMILES string of the molecule is Cc1ccc(S(=O)(=O)NC(CCCCN)C(=O)NCC(=O)O)cc1. The van der Waals surface area contributed by atoms with E-state index in [-0.39, 0.29) is 11.3 Å². The smallest absolute Gasteiger partial charge is 0.322 e. The van der Waals surface area contributed by atoms with E-state index in [0.29, 0.717) is 19.4 Å². The first-order valence-electron chi connectivity index (χ1n) is 7.55. The maximum absolute atomic E-state index is 12.4. The summed E-state index contributed by atoms with van der Waals surface area (Å²) in [6, 6.07) is 5.15. The highest BCUT2D eigenvalue weighted by molar-refractivity contribution is 7.89. The zero-order valence-electron chi connectivity index (χ0n) is 13.5. The Balaban J connectivity index is 2.86. The van der Waals surface area contributed by atoms with E-state index in [1.807, 2.05) is 6.92 Å². The molecule has 0 radical (unpaired) electrons. The zero-order valence-corrected chi connectivity index (χ0v) is 14.3. The molecule has 0 saturated carbocycles. The van der Waals surface area contributed by atoms with Gasteiger partial charge in [-0.25, -0.2) is 8.42 Å². The zero-order chi connectivity index (χ0) is 18.2. The number of sulfonamides is 1. The molecule has 0 spiro atoms. The molecule has 24 heavy (non-hydrogen) atoms. The molecule has 0 fully saturated rings. The molecule has 1 aromatic rings. The van der Waals surface area contributed by atoms with Crippen LogP contribution in [0.3, 0.4) is 0 Å². The van der Waals surface area contributed by atoms with E-state index in [4.69, 9.17) is 10.8 Å². The largest absolute Gasteiger partial charge is 0.480 e. The van der Waals surface area contributed by atoms with E-state index in [9.17, 15) is 18.0 Å². The van der Waals surface area contributed by atoms with Gasteiger partial charge in [-0.15, -0.1) is 0 Å². The van der Waals surface area contributed by atoms with Gasteiger partial charge in [0.25, 0.3) is 0 Å². The van der Waals surface area contributed by atoms with E-state index in [1.165, 1.54) is 12.1 Å². The summed E-state index contributed by atoms with van der Waals surface area (Å²) in [7, 11) is -3.89. The molecule has 0 saturated heterocycles. The first kappa shape index (κ1) is 20.1. The fourth-order valence-corrected chi connectivity index (χ4v) is 3.22. The van der Waals surface area contributed by atoms with Crippen molar-refractivity contribution in [2.24, 2.45) is 5.73 Å². The molecule has 1 aromatic carbocycles. The molecule has 9 heteroatoms. The van der Waals surface area contributed by atoms with Gasteiger partial charge in [-0.3, -0.25) is 9.59 Å². The van der Waals surface area contributed by atoms with E-state index in [1.54, 1.807) is 12.1 Å². The molecular formula is C15H23N3O5S. The van der Waals surface area contributed by atoms with Gasteiger partial charge in [0.15, 0.2) is 0 Å². The molecule has 1 amide bonds. The molecule has 5 N–H and O–H groups in total. The molecule has 1 atom stereocenters. The van der Waals surface area contributed by atoms with Gasteiger partial charge in [0.05, 0.1) is 4.90 Å². The Bertz CT molecular complexity index is 658. The molecule has 0 aliphatic rings. The molecule has 0 bridgehead atoms. The number of carboxylic acids is 1. The second-order valence-corrected chi connectivity index (χ2v) is 7.10. The number of aliphatic carboxylic acids is 1. The summed E-state index contributed by atoms with van der Waals surface area (Å²) in [5.74, 6) is -1.88. The Kier molecular flexibility index (Phi) is 7.83. The number of carbonyl (C=O) groups is 2. The third-order valence-corrected chi connectivity index (χ3v) is 4.79. The van der Waals surface area contributed by atoms with Gasteiger partial charge < -0.3 is 16.2 Å². The first-order valence-corrected chi connectivity index (χ1v) is 9.03. The van der Waals surface area contributed by atoms with Crippen molar-refractivity contribution in [1.29, 1.82) is 0 Å². The van der Waals surface area contributed by atoms with Gasteiger partial charge >= 0.3 is 5.97 Å². The van der Waals surface area contributed by atoms with Crippen molar-refractivity contribution in [2.45, 2.75) is 37.1 Å². The van der Waals surface area contributed by atoms with Crippen LogP contribution in [0.5, 0.6) is 0 Å². The van der Waals surface area contributed by atoms with Crippen LogP contribution in [0.4, 0.5) is 0 Å². The van der Waals surface area contributed by atoms with Gasteiger partial charge in [-0.05, 0) is 38.4 Å². The lowest BCUT2D eigenvalue weighted by molar-refractivity contribution is -0.138. The molecule has 134 valence electrons. The minimum atomic E-state index is -3.89. The van der Waals surface area contributed by atoms with Crippen molar-refractivity contribution in [3.05, 3.63) is 29.8 Å². The Morgan fingerprint density at radius 3 is 2.38 bits per heavy atom. The Labute approximate surface area is 141 Å². The van der Waals surface area contributed by atoms with Gasteiger partial charge in [0.2, 0.25) is 15.9 Å². The van der Waals surface area contributed by atoms with Crippen LogP contribution in [-0.4, -0.2) is 44.5 Å². The summed E-state index contributed by atoms with van der Waals surface area (Å²) in [5, 5.41) is 10.8. The standard InChI is InChI=1S/C15H23N3O5S/c1-11-5-7-12(8-6-11)24(22,23)18-13(4-2-3-9-16)15(21)17-10-14(19)20/h5-8,13,18H,2-4,9-10,16H2,1H3,(H,17,21)(H,19,20). The van der Waals surface area contributed by atoms with Crippen LogP contribution in [0.15, 0.2) is 29.2 Å². The van der Waals surface area contributed by atoms with Crippen molar-refractivity contribution in [1.82, 2.24) is 10.0 Å². The fraction of sp³-hybridized carbons (Fsp3) is 0.467. The van der Waals surface area contributed by atoms with Gasteiger partial charge in [0, 0.05) is 0 Å². The predicted molar refractivity (Wildman–Crippen MR) is 88.8 cm³/mol. The van der Waals surface area contributed by atoms with Crippen LogP contribution >= 0.6 is 0 Å².